The second-order valence-electron chi connectivity index (χ2n) is 2.95. The average Bonchev–Trinajstić information content (AvgIpc) is 2.05. The lowest BCUT2D eigenvalue weighted by atomic mass is 9.92. The van der Waals surface area contributed by atoms with Crippen LogP contribution in [-0.4, -0.2) is 12.6 Å². The van der Waals surface area contributed by atoms with Crippen LogP contribution in [0.5, 0.6) is 0 Å². The zero-order valence-corrected chi connectivity index (χ0v) is 7.38. The van der Waals surface area contributed by atoms with Crippen molar-refractivity contribution in [3.63, 3.8) is 0 Å². The van der Waals surface area contributed by atoms with Gasteiger partial charge in [0.25, 0.3) is 0 Å². The Morgan fingerprint density at radius 2 is 2.58 bits per heavy atom. The molecule has 0 aromatic heterocycles. The van der Waals surface area contributed by atoms with Crippen molar-refractivity contribution in [2.24, 2.45) is 5.92 Å². The summed E-state index contributed by atoms with van der Waals surface area (Å²) in [4.78, 5) is 11.2. The molecule has 2 nitrogen and oxygen atoms in total. The van der Waals surface area contributed by atoms with Gasteiger partial charge in [-0.15, -0.1) is 0 Å². The number of esters is 1. The molecule has 0 bridgehead atoms. The molecule has 1 unspecified atom stereocenters. The highest BCUT2D eigenvalue weighted by atomic mass is 16.5. The normalized spacial score (nSPS) is 22.4. The fourth-order valence-corrected chi connectivity index (χ4v) is 1.31. The maximum Gasteiger partial charge on any atom is 0.309 e. The minimum atomic E-state index is -0.0944. The topological polar surface area (TPSA) is 26.3 Å². The molecule has 1 atom stereocenters. The summed E-state index contributed by atoms with van der Waals surface area (Å²) in [6.07, 6.45) is 5.48. The zero-order chi connectivity index (χ0) is 8.97. The van der Waals surface area contributed by atoms with Gasteiger partial charge in [-0.25, -0.2) is 0 Å². The van der Waals surface area contributed by atoms with E-state index in [2.05, 4.69) is 6.58 Å². The first-order valence-electron chi connectivity index (χ1n) is 4.25. The molecule has 0 aromatic carbocycles. The van der Waals surface area contributed by atoms with Crippen LogP contribution in [0.15, 0.2) is 24.3 Å². The van der Waals surface area contributed by atoms with E-state index in [1.54, 1.807) is 0 Å². The maximum atomic E-state index is 11.2. The van der Waals surface area contributed by atoms with Crippen molar-refractivity contribution in [2.75, 3.05) is 6.61 Å². The smallest absolute Gasteiger partial charge is 0.309 e. The molecule has 0 N–H and O–H groups in total. The number of hydrogen-bond donors (Lipinski definition) is 0. The van der Waals surface area contributed by atoms with Crippen LogP contribution < -0.4 is 0 Å². The molecule has 66 valence electrons. The van der Waals surface area contributed by atoms with Crippen molar-refractivity contribution in [2.45, 2.75) is 19.8 Å². The van der Waals surface area contributed by atoms with Crippen LogP contribution in [0.2, 0.25) is 0 Å². The summed E-state index contributed by atoms with van der Waals surface area (Å²) >= 11 is 0. The first-order chi connectivity index (χ1) is 5.74. The van der Waals surface area contributed by atoms with Crippen LogP contribution in [-0.2, 0) is 9.53 Å². The monoisotopic (exact) mass is 166 g/mol. The second kappa shape index (κ2) is 4.10. The second-order valence-corrected chi connectivity index (χ2v) is 2.95. The molecule has 0 fully saturated rings. The van der Waals surface area contributed by atoms with Gasteiger partial charge < -0.3 is 4.74 Å². The van der Waals surface area contributed by atoms with Crippen LogP contribution in [0, 0.1) is 5.92 Å². The van der Waals surface area contributed by atoms with E-state index in [0.29, 0.717) is 6.61 Å². The molecule has 0 amide bonds. The number of allylic oxidation sites excluding steroid dienone is 3. The summed E-state index contributed by atoms with van der Waals surface area (Å²) in [6.45, 7) is 6.10. The minimum absolute atomic E-state index is 0.00227. The van der Waals surface area contributed by atoms with Crippen molar-refractivity contribution >= 4 is 5.97 Å². The van der Waals surface area contributed by atoms with E-state index in [1.807, 2.05) is 19.1 Å². The quantitative estimate of drug-likeness (QED) is 0.587. The van der Waals surface area contributed by atoms with E-state index in [9.17, 15) is 4.79 Å². The molecule has 0 saturated heterocycles. The lowest BCUT2D eigenvalue weighted by Crippen LogP contribution is -2.19. The summed E-state index contributed by atoms with van der Waals surface area (Å²) < 4.78 is 4.92. The summed E-state index contributed by atoms with van der Waals surface area (Å²) in [5.41, 5.74) is 1.01. The molecule has 0 radical (unpaired) electrons. The Labute approximate surface area is 72.9 Å². The number of carbonyl (C=O) groups excluding carboxylic acids is 1. The van der Waals surface area contributed by atoms with Crippen LogP contribution >= 0.6 is 0 Å². The number of carbonyl (C=O) groups is 1. The molecule has 0 aromatic rings. The van der Waals surface area contributed by atoms with Crippen molar-refractivity contribution in [3.05, 3.63) is 24.3 Å². The molecule has 0 heterocycles. The van der Waals surface area contributed by atoms with Gasteiger partial charge in [-0.1, -0.05) is 24.3 Å². The van der Waals surface area contributed by atoms with Crippen molar-refractivity contribution < 1.29 is 9.53 Å². The number of hydrogen-bond acceptors (Lipinski definition) is 2. The van der Waals surface area contributed by atoms with Crippen LogP contribution in [0.25, 0.3) is 0 Å². The lowest BCUT2D eigenvalue weighted by Gasteiger charge is -2.17. The largest absolute Gasteiger partial charge is 0.466 e. The molecule has 2 heteroatoms. The van der Waals surface area contributed by atoms with Gasteiger partial charge in [-0.3, -0.25) is 4.79 Å². The number of ether oxygens (including phenoxy) is 1. The molecular weight excluding hydrogens is 152 g/mol. The fourth-order valence-electron chi connectivity index (χ4n) is 1.31. The third-order valence-electron chi connectivity index (χ3n) is 1.90. The van der Waals surface area contributed by atoms with E-state index in [-0.39, 0.29) is 11.9 Å². The standard InChI is InChI=1S/C10H14O2/c1-3-12-10(11)9-6-4-5-8(2)7-9/h4-5,9H,2-3,6-7H2,1H3. The molecule has 12 heavy (non-hydrogen) atoms. The zero-order valence-electron chi connectivity index (χ0n) is 7.38. The first kappa shape index (κ1) is 9.04. The molecule has 1 aliphatic carbocycles. The molecule has 0 aliphatic heterocycles. The van der Waals surface area contributed by atoms with Gasteiger partial charge >= 0.3 is 5.97 Å². The average molecular weight is 166 g/mol. The summed E-state index contributed by atoms with van der Waals surface area (Å²) in [7, 11) is 0. The Morgan fingerprint density at radius 3 is 3.17 bits per heavy atom. The van der Waals surface area contributed by atoms with Gasteiger partial charge in [0.05, 0.1) is 12.5 Å². The van der Waals surface area contributed by atoms with Crippen LogP contribution in [0.3, 0.4) is 0 Å². The highest BCUT2D eigenvalue weighted by Gasteiger charge is 2.20. The van der Waals surface area contributed by atoms with E-state index in [1.165, 1.54) is 0 Å². The van der Waals surface area contributed by atoms with Gasteiger partial charge in [-0.05, 0) is 19.8 Å². The molecule has 1 rings (SSSR count). The Kier molecular flexibility index (Phi) is 3.09. The van der Waals surface area contributed by atoms with Crippen LogP contribution in [0.4, 0.5) is 0 Å². The van der Waals surface area contributed by atoms with Gasteiger partial charge in [0.1, 0.15) is 0 Å². The van der Waals surface area contributed by atoms with E-state index in [0.717, 1.165) is 18.4 Å². The van der Waals surface area contributed by atoms with E-state index < -0.39 is 0 Å². The molecule has 0 spiro atoms. The van der Waals surface area contributed by atoms with E-state index in [4.69, 9.17) is 4.74 Å². The molecule has 1 aliphatic rings. The minimum Gasteiger partial charge on any atom is -0.466 e. The summed E-state index contributed by atoms with van der Waals surface area (Å²) in [5, 5.41) is 0. The van der Waals surface area contributed by atoms with Gasteiger partial charge in [0.15, 0.2) is 0 Å². The van der Waals surface area contributed by atoms with Gasteiger partial charge in [0, 0.05) is 0 Å². The van der Waals surface area contributed by atoms with Crippen molar-refractivity contribution in [1.82, 2.24) is 0 Å². The van der Waals surface area contributed by atoms with Gasteiger partial charge in [0.2, 0.25) is 0 Å². The third kappa shape index (κ3) is 2.22. The maximum absolute atomic E-state index is 11.2. The summed E-state index contributed by atoms with van der Waals surface area (Å²) in [6, 6.07) is 0. The van der Waals surface area contributed by atoms with Crippen molar-refractivity contribution in [3.8, 4) is 0 Å². The fraction of sp³-hybridized carbons (Fsp3) is 0.500. The van der Waals surface area contributed by atoms with Crippen molar-refractivity contribution in [1.29, 1.82) is 0 Å². The Bertz CT molecular complexity index is 216. The Hall–Kier alpha value is -1.05. The lowest BCUT2D eigenvalue weighted by molar-refractivity contribution is -0.147. The van der Waals surface area contributed by atoms with E-state index >= 15 is 0 Å². The molecular formula is C10H14O2. The summed E-state index contributed by atoms with van der Waals surface area (Å²) in [5.74, 6) is -0.0922. The number of rotatable bonds is 2. The van der Waals surface area contributed by atoms with Crippen LogP contribution in [0.1, 0.15) is 19.8 Å². The highest BCUT2D eigenvalue weighted by molar-refractivity contribution is 5.73. The highest BCUT2D eigenvalue weighted by Crippen LogP contribution is 2.22. The molecule has 0 saturated carbocycles. The predicted molar refractivity (Wildman–Crippen MR) is 47.6 cm³/mol. The third-order valence-corrected chi connectivity index (χ3v) is 1.90. The Balaban J connectivity index is 2.48. The Morgan fingerprint density at radius 1 is 1.83 bits per heavy atom. The SMILES string of the molecule is C=C1C=CCC(C(=O)OCC)C1. The van der Waals surface area contributed by atoms with Gasteiger partial charge in [-0.2, -0.15) is 0 Å². The first-order valence-corrected chi connectivity index (χ1v) is 4.25. The predicted octanol–water partition coefficient (Wildman–Crippen LogP) is 2.07.